The monoisotopic (exact) mass is 352 g/mol. The van der Waals surface area contributed by atoms with Gasteiger partial charge in [-0.1, -0.05) is 30.0 Å². The Balaban J connectivity index is 0.00000242. The van der Waals surface area contributed by atoms with Crippen LogP contribution in [0.3, 0.4) is 0 Å². The zero-order valence-electron chi connectivity index (χ0n) is 12.0. The molecular formula is C13H16ClF3N4S. The van der Waals surface area contributed by atoms with E-state index in [0.717, 1.165) is 18.0 Å². The van der Waals surface area contributed by atoms with Gasteiger partial charge in [0, 0.05) is 12.8 Å². The van der Waals surface area contributed by atoms with E-state index in [1.807, 2.05) is 18.7 Å². The molecule has 2 aromatic rings. The molecule has 0 aliphatic rings. The lowest BCUT2D eigenvalue weighted by molar-refractivity contribution is -0.137. The maximum Gasteiger partial charge on any atom is 0.416 e. The Labute approximate surface area is 136 Å². The quantitative estimate of drug-likeness (QED) is 0.839. The van der Waals surface area contributed by atoms with Crippen molar-refractivity contribution in [2.75, 3.05) is 7.05 Å². The highest BCUT2D eigenvalue weighted by molar-refractivity contribution is 7.98. The summed E-state index contributed by atoms with van der Waals surface area (Å²) in [5.41, 5.74) is -0.0255. The molecule has 0 atom stereocenters. The summed E-state index contributed by atoms with van der Waals surface area (Å²) in [6, 6.07) is 5.33. The minimum Gasteiger partial charge on any atom is -0.313 e. The largest absolute Gasteiger partial charge is 0.416 e. The number of hydrogen-bond donors (Lipinski definition) is 1. The number of rotatable bonds is 5. The van der Waals surface area contributed by atoms with E-state index in [0.29, 0.717) is 23.0 Å². The van der Waals surface area contributed by atoms with E-state index in [1.165, 1.54) is 17.8 Å². The molecule has 1 aromatic carbocycles. The molecule has 0 amide bonds. The minimum absolute atomic E-state index is 0. The first-order valence-corrected chi connectivity index (χ1v) is 7.22. The number of alkyl halides is 3. The molecule has 0 radical (unpaired) electrons. The lowest BCUT2D eigenvalue weighted by Crippen LogP contribution is -2.10. The molecule has 9 heteroatoms. The van der Waals surface area contributed by atoms with Gasteiger partial charge >= 0.3 is 6.18 Å². The fourth-order valence-electron chi connectivity index (χ4n) is 1.77. The Kier molecular flexibility index (Phi) is 6.70. The Morgan fingerprint density at radius 1 is 1.27 bits per heavy atom. The number of thioether (sulfide) groups is 1. The van der Waals surface area contributed by atoms with Crippen molar-refractivity contribution >= 4 is 24.2 Å². The van der Waals surface area contributed by atoms with Crippen molar-refractivity contribution in [1.29, 1.82) is 0 Å². The van der Waals surface area contributed by atoms with Crippen LogP contribution in [0.4, 0.5) is 13.2 Å². The van der Waals surface area contributed by atoms with E-state index in [9.17, 15) is 13.2 Å². The van der Waals surface area contributed by atoms with Gasteiger partial charge in [0.1, 0.15) is 5.82 Å². The molecule has 0 spiro atoms. The van der Waals surface area contributed by atoms with E-state index in [-0.39, 0.29) is 12.4 Å². The van der Waals surface area contributed by atoms with Gasteiger partial charge in [-0.05, 0) is 18.7 Å². The van der Waals surface area contributed by atoms with Crippen LogP contribution in [0.5, 0.6) is 0 Å². The molecule has 4 nitrogen and oxygen atoms in total. The van der Waals surface area contributed by atoms with E-state index < -0.39 is 11.7 Å². The summed E-state index contributed by atoms with van der Waals surface area (Å²) in [5, 5.41) is 11.7. The van der Waals surface area contributed by atoms with Gasteiger partial charge in [-0.25, -0.2) is 0 Å². The molecule has 1 N–H and O–H groups in total. The Bertz CT molecular complexity index is 616. The van der Waals surface area contributed by atoms with Crippen LogP contribution in [0.2, 0.25) is 0 Å². The van der Waals surface area contributed by atoms with Crippen molar-refractivity contribution in [3.05, 3.63) is 41.2 Å². The van der Waals surface area contributed by atoms with Crippen LogP contribution in [-0.2, 0) is 25.5 Å². The second-order valence-electron chi connectivity index (χ2n) is 4.47. The number of nitrogens with one attached hydrogen (secondary N) is 1. The fourth-order valence-corrected chi connectivity index (χ4v) is 2.64. The van der Waals surface area contributed by atoms with E-state index >= 15 is 0 Å². The lowest BCUT2D eigenvalue weighted by atomic mass is 10.1. The Morgan fingerprint density at radius 2 is 2.00 bits per heavy atom. The van der Waals surface area contributed by atoms with Gasteiger partial charge in [0.05, 0.1) is 12.1 Å². The van der Waals surface area contributed by atoms with Gasteiger partial charge in [-0.2, -0.15) is 13.2 Å². The maximum absolute atomic E-state index is 12.6. The SMILES string of the molecule is CNCc1nnc(SCc2cccc(C(F)(F)F)c2)n1C.Cl. The summed E-state index contributed by atoms with van der Waals surface area (Å²) >= 11 is 1.36. The topological polar surface area (TPSA) is 42.7 Å². The maximum atomic E-state index is 12.6. The van der Waals surface area contributed by atoms with Gasteiger partial charge in [0.25, 0.3) is 0 Å². The molecule has 0 aliphatic heterocycles. The summed E-state index contributed by atoms with van der Waals surface area (Å²) in [4.78, 5) is 0. The predicted octanol–water partition coefficient (Wildman–Crippen LogP) is 3.27. The van der Waals surface area contributed by atoms with E-state index in [4.69, 9.17) is 0 Å². The van der Waals surface area contributed by atoms with Crippen LogP contribution in [-0.4, -0.2) is 21.8 Å². The molecule has 0 saturated carbocycles. The van der Waals surface area contributed by atoms with Crippen molar-refractivity contribution in [2.24, 2.45) is 7.05 Å². The summed E-state index contributed by atoms with van der Waals surface area (Å²) in [7, 11) is 3.64. The Hall–Kier alpha value is -1.25. The van der Waals surface area contributed by atoms with Crippen molar-refractivity contribution in [2.45, 2.75) is 23.6 Å². The molecule has 0 saturated heterocycles. The summed E-state index contributed by atoms with van der Waals surface area (Å²) in [6.45, 7) is 0.591. The average molecular weight is 353 g/mol. The molecule has 0 unspecified atom stereocenters. The summed E-state index contributed by atoms with van der Waals surface area (Å²) in [6.07, 6.45) is -4.31. The van der Waals surface area contributed by atoms with Crippen molar-refractivity contribution < 1.29 is 13.2 Å². The van der Waals surface area contributed by atoms with Crippen LogP contribution >= 0.6 is 24.2 Å². The van der Waals surface area contributed by atoms with Crippen molar-refractivity contribution in [3.63, 3.8) is 0 Å². The second kappa shape index (κ2) is 7.85. The third kappa shape index (κ3) is 4.62. The minimum atomic E-state index is -4.31. The normalized spacial score (nSPS) is 11.3. The highest BCUT2D eigenvalue weighted by atomic mass is 35.5. The van der Waals surface area contributed by atoms with E-state index in [2.05, 4.69) is 15.5 Å². The van der Waals surface area contributed by atoms with Crippen LogP contribution in [0.15, 0.2) is 29.4 Å². The Morgan fingerprint density at radius 3 is 2.64 bits per heavy atom. The number of aromatic nitrogens is 3. The van der Waals surface area contributed by atoms with Gasteiger partial charge < -0.3 is 9.88 Å². The predicted molar refractivity (Wildman–Crippen MR) is 82.0 cm³/mol. The van der Waals surface area contributed by atoms with Gasteiger partial charge in [-0.3, -0.25) is 0 Å². The molecule has 0 fully saturated rings. The fraction of sp³-hybridized carbons (Fsp3) is 0.385. The van der Waals surface area contributed by atoms with Crippen LogP contribution in [0.25, 0.3) is 0 Å². The molecule has 22 heavy (non-hydrogen) atoms. The highest BCUT2D eigenvalue weighted by Gasteiger charge is 2.30. The number of nitrogens with zero attached hydrogens (tertiary/aromatic N) is 3. The zero-order chi connectivity index (χ0) is 15.5. The third-order valence-electron chi connectivity index (χ3n) is 2.88. The third-order valence-corrected chi connectivity index (χ3v) is 3.97. The van der Waals surface area contributed by atoms with Crippen LogP contribution in [0, 0.1) is 0 Å². The second-order valence-corrected chi connectivity index (χ2v) is 5.42. The van der Waals surface area contributed by atoms with Crippen LogP contribution < -0.4 is 5.32 Å². The molecular weight excluding hydrogens is 337 g/mol. The molecule has 0 aliphatic carbocycles. The number of hydrogen-bond acceptors (Lipinski definition) is 4. The number of benzene rings is 1. The molecule has 0 bridgehead atoms. The smallest absolute Gasteiger partial charge is 0.313 e. The molecule has 1 heterocycles. The van der Waals surface area contributed by atoms with Crippen LogP contribution in [0.1, 0.15) is 17.0 Å². The first kappa shape index (κ1) is 18.8. The molecule has 122 valence electrons. The zero-order valence-corrected chi connectivity index (χ0v) is 13.6. The highest BCUT2D eigenvalue weighted by Crippen LogP contribution is 2.31. The molecule has 2 rings (SSSR count). The van der Waals surface area contributed by atoms with E-state index in [1.54, 1.807) is 6.07 Å². The van der Waals surface area contributed by atoms with Gasteiger partial charge in [-0.15, -0.1) is 22.6 Å². The standard InChI is InChI=1S/C13H15F3N4S.ClH/c1-17-7-11-18-19-12(20(11)2)21-8-9-4-3-5-10(6-9)13(14,15)16;/h3-6,17H,7-8H2,1-2H3;1H. The van der Waals surface area contributed by atoms with Gasteiger partial charge in [0.2, 0.25) is 0 Å². The van der Waals surface area contributed by atoms with Gasteiger partial charge in [0.15, 0.2) is 5.16 Å². The number of halogens is 4. The van der Waals surface area contributed by atoms with Crippen molar-refractivity contribution in [1.82, 2.24) is 20.1 Å². The summed E-state index contributed by atoms with van der Waals surface area (Å²) in [5.74, 6) is 1.19. The van der Waals surface area contributed by atoms with Crippen molar-refractivity contribution in [3.8, 4) is 0 Å². The molecule has 1 aromatic heterocycles. The first-order valence-electron chi connectivity index (χ1n) is 6.23. The first-order chi connectivity index (χ1) is 9.91. The lowest BCUT2D eigenvalue weighted by Gasteiger charge is -2.08. The summed E-state index contributed by atoms with van der Waals surface area (Å²) < 4.78 is 39.8. The average Bonchev–Trinajstić information content (AvgIpc) is 2.78.